The van der Waals surface area contributed by atoms with Crippen molar-refractivity contribution in [1.82, 2.24) is 19.7 Å². The summed E-state index contributed by atoms with van der Waals surface area (Å²) in [6.07, 6.45) is 2.36. The third kappa shape index (κ3) is 3.36. The SMILES string of the molecule is Cn1c([C@H]2C[C@H](CNc3ncc(Cl)cc3Cl)[C@H](O)C2)n[nH]c1=O. The lowest BCUT2D eigenvalue weighted by atomic mass is 10.0. The van der Waals surface area contributed by atoms with Crippen LogP contribution in [0.3, 0.4) is 0 Å². The zero-order chi connectivity index (χ0) is 16.6. The number of aliphatic hydroxyl groups is 1. The number of H-pyrrole nitrogens is 1. The number of hydrogen-bond acceptors (Lipinski definition) is 5. The molecule has 0 aliphatic heterocycles. The molecule has 0 aromatic carbocycles. The van der Waals surface area contributed by atoms with Crippen LogP contribution in [0.25, 0.3) is 0 Å². The molecule has 3 rings (SSSR count). The molecule has 1 saturated carbocycles. The fourth-order valence-electron chi connectivity index (χ4n) is 3.03. The zero-order valence-electron chi connectivity index (χ0n) is 12.5. The number of rotatable bonds is 4. The molecule has 1 aliphatic carbocycles. The van der Waals surface area contributed by atoms with E-state index in [2.05, 4.69) is 20.5 Å². The van der Waals surface area contributed by atoms with Gasteiger partial charge in [-0.05, 0) is 18.9 Å². The van der Waals surface area contributed by atoms with Crippen molar-refractivity contribution in [3.8, 4) is 0 Å². The summed E-state index contributed by atoms with van der Waals surface area (Å²) in [7, 11) is 1.68. The van der Waals surface area contributed by atoms with Crippen LogP contribution in [-0.4, -0.2) is 37.5 Å². The van der Waals surface area contributed by atoms with E-state index in [1.165, 1.54) is 10.8 Å². The molecule has 2 aromatic heterocycles. The first kappa shape index (κ1) is 16.3. The first-order valence-electron chi connectivity index (χ1n) is 7.30. The van der Waals surface area contributed by atoms with E-state index in [0.29, 0.717) is 34.7 Å². The fourth-order valence-corrected chi connectivity index (χ4v) is 3.48. The molecule has 0 unspecified atom stereocenters. The highest BCUT2D eigenvalue weighted by molar-refractivity contribution is 6.35. The minimum Gasteiger partial charge on any atom is -0.393 e. The molecule has 23 heavy (non-hydrogen) atoms. The summed E-state index contributed by atoms with van der Waals surface area (Å²) in [5, 5.41) is 20.8. The molecule has 3 atom stereocenters. The maximum atomic E-state index is 11.5. The second kappa shape index (κ2) is 6.51. The van der Waals surface area contributed by atoms with E-state index < -0.39 is 6.10 Å². The molecule has 2 heterocycles. The normalized spacial score (nSPS) is 24.1. The Morgan fingerprint density at radius 3 is 2.91 bits per heavy atom. The molecule has 1 fully saturated rings. The largest absolute Gasteiger partial charge is 0.393 e. The van der Waals surface area contributed by atoms with E-state index in [1.807, 2.05) is 0 Å². The summed E-state index contributed by atoms with van der Waals surface area (Å²) >= 11 is 11.9. The van der Waals surface area contributed by atoms with Crippen molar-refractivity contribution < 1.29 is 5.11 Å². The maximum Gasteiger partial charge on any atom is 0.343 e. The summed E-state index contributed by atoms with van der Waals surface area (Å²) in [4.78, 5) is 15.6. The van der Waals surface area contributed by atoms with Gasteiger partial charge in [-0.3, -0.25) is 4.57 Å². The summed E-state index contributed by atoms with van der Waals surface area (Å²) in [6, 6.07) is 1.62. The van der Waals surface area contributed by atoms with Crippen LogP contribution in [0, 0.1) is 5.92 Å². The first-order chi connectivity index (χ1) is 11.0. The van der Waals surface area contributed by atoms with Crippen LogP contribution in [-0.2, 0) is 7.05 Å². The van der Waals surface area contributed by atoms with E-state index in [9.17, 15) is 9.90 Å². The standard InChI is InChI=1S/C14H17Cl2N5O2/c1-21-13(19-20-14(21)23)7-2-8(11(22)3-7)5-17-12-10(16)4-9(15)6-18-12/h4,6-8,11,22H,2-3,5H2,1H3,(H,17,18)(H,20,23)/t7-,8+,11+/m0/s1. The second-order valence-corrected chi connectivity index (χ2v) is 6.65. The Kier molecular flexibility index (Phi) is 4.61. The molecule has 1 aliphatic rings. The highest BCUT2D eigenvalue weighted by Crippen LogP contribution is 2.37. The molecular weight excluding hydrogens is 341 g/mol. The van der Waals surface area contributed by atoms with Gasteiger partial charge in [0.05, 0.1) is 16.1 Å². The number of pyridine rings is 1. The lowest BCUT2D eigenvalue weighted by molar-refractivity contribution is 0.137. The molecule has 2 aromatic rings. The van der Waals surface area contributed by atoms with Crippen LogP contribution < -0.4 is 11.0 Å². The summed E-state index contributed by atoms with van der Waals surface area (Å²) < 4.78 is 1.49. The molecule has 9 heteroatoms. The lowest BCUT2D eigenvalue weighted by Gasteiger charge is -2.16. The monoisotopic (exact) mass is 357 g/mol. The molecular formula is C14H17Cl2N5O2. The van der Waals surface area contributed by atoms with Crippen LogP contribution in [0.5, 0.6) is 0 Å². The minimum absolute atomic E-state index is 0.0281. The summed E-state index contributed by atoms with van der Waals surface area (Å²) in [6.45, 7) is 0.532. The molecule has 0 amide bonds. The summed E-state index contributed by atoms with van der Waals surface area (Å²) in [5.41, 5.74) is -0.242. The molecule has 0 saturated heterocycles. The molecule has 124 valence electrons. The minimum atomic E-state index is -0.467. The van der Waals surface area contributed by atoms with Crippen molar-refractivity contribution in [2.75, 3.05) is 11.9 Å². The Morgan fingerprint density at radius 2 is 2.26 bits per heavy atom. The lowest BCUT2D eigenvalue weighted by Crippen LogP contribution is -2.22. The number of aromatic nitrogens is 4. The molecule has 3 N–H and O–H groups in total. The van der Waals surface area contributed by atoms with Crippen LogP contribution >= 0.6 is 23.2 Å². The maximum absolute atomic E-state index is 11.5. The van der Waals surface area contributed by atoms with Gasteiger partial charge in [-0.1, -0.05) is 23.2 Å². The smallest absolute Gasteiger partial charge is 0.343 e. The van der Waals surface area contributed by atoms with Crippen molar-refractivity contribution in [1.29, 1.82) is 0 Å². The molecule has 0 radical (unpaired) electrons. The van der Waals surface area contributed by atoms with Crippen molar-refractivity contribution in [3.63, 3.8) is 0 Å². The van der Waals surface area contributed by atoms with Gasteiger partial charge in [-0.25, -0.2) is 14.9 Å². The van der Waals surface area contributed by atoms with Gasteiger partial charge in [0.15, 0.2) is 0 Å². The quantitative estimate of drug-likeness (QED) is 0.774. The van der Waals surface area contributed by atoms with E-state index >= 15 is 0 Å². The van der Waals surface area contributed by atoms with Gasteiger partial charge in [-0.2, -0.15) is 5.10 Å². The van der Waals surface area contributed by atoms with Crippen molar-refractivity contribution in [3.05, 3.63) is 38.6 Å². The van der Waals surface area contributed by atoms with Crippen molar-refractivity contribution in [2.45, 2.75) is 24.9 Å². The average Bonchev–Trinajstić information content (AvgIpc) is 3.02. The number of nitrogens with zero attached hydrogens (tertiary/aromatic N) is 3. The number of halogens is 2. The van der Waals surface area contributed by atoms with Gasteiger partial charge < -0.3 is 10.4 Å². The topological polar surface area (TPSA) is 95.8 Å². The number of hydrogen-bond donors (Lipinski definition) is 3. The highest BCUT2D eigenvalue weighted by atomic mass is 35.5. The van der Waals surface area contributed by atoms with E-state index in [0.717, 1.165) is 6.42 Å². The van der Waals surface area contributed by atoms with Crippen LogP contribution in [0.2, 0.25) is 10.0 Å². The first-order valence-corrected chi connectivity index (χ1v) is 8.05. The Labute approximate surface area is 142 Å². The number of anilines is 1. The number of aromatic amines is 1. The van der Waals surface area contributed by atoms with Gasteiger partial charge >= 0.3 is 5.69 Å². The fraction of sp³-hybridized carbons (Fsp3) is 0.500. The van der Waals surface area contributed by atoms with Gasteiger partial charge in [-0.15, -0.1) is 0 Å². The highest BCUT2D eigenvalue weighted by Gasteiger charge is 2.36. The van der Waals surface area contributed by atoms with E-state index in [1.54, 1.807) is 13.1 Å². The Balaban J connectivity index is 1.65. The number of nitrogens with one attached hydrogen (secondary N) is 2. The molecule has 0 bridgehead atoms. The van der Waals surface area contributed by atoms with Gasteiger partial charge in [0.1, 0.15) is 11.6 Å². The third-order valence-electron chi connectivity index (χ3n) is 4.28. The van der Waals surface area contributed by atoms with Crippen LogP contribution in [0.1, 0.15) is 24.6 Å². The van der Waals surface area contributed by atoms with Crippen LogP contribution in [0.15, 0.2) is 17.1 Å². The predicted molar refractivity (Wildman–Crippen MR) is 88.0 cm³/mol. The van der Waals surface area contributed by atoms with Crippen LogP contribution in [0.4, 0.5) is 5.82 Å². The Hall–Kier alpha value is -1.57. The average molecular weight is 358 g/mol. The molecule has 0 spiro atoms. The van der Waals surface area contributed by atoms with E-state index in [-0.39, 0.29) is 17.5 Å². The number of aliphatic hydroxyl groups excluding tert-OH is 1. The Morgan fingerprint density at radius 1 is 1.48 bits per heavy atom. The third-order valence-corrected chi connectivity index (χ3v) is 4.77. The van der Waals surface area contributed by atoms with Gasteiger partial charge in [0.25, 0.3) is 0 Å². The summed E-state index contributed by atoms with van der Waals surface area (Å²) in [5.74, 6) is 1.30. The van der Waals surface area contributed by atoms with Crippen molar-refractivity contribution >= 4 is 29.0 Å². The zero-order valence-corrected chi connectivity index (χ0v) is 14.0. The van der Waals surface area contributed by atoms with Gasteiger partial charge in [0.2, 0.25) is 0 Å². The second-order valence-electron chi connectivity index (χ2n) is 5.81. The molecule has 7 nitrogen and oxygen atoms in total. The Bertz CT molecular complexity index is 760. The van der Waals surface area contributed by atoms with Gasteiger partial charge in [0, 0.05) is 31.6 Å². The van der Waals surface area contributed by atoms with Crippen molar-refractivity contribution in [2.24, 2.45) is 13.0 Å². The van der Waals surface area contributed by atoms with E-state index in [4.69, 9.17) is 23.2 Å². The predicted octanol–water partition coefficient (Wildman–Crippen LogP) is 1.78.